The minimum Gasteiger partial charge on any atom is -0.368 e. The highest BCUT2D eigenvalue weighted by molar-refractivity contribution is 7.14. The van der Waals surface area contributed by atoms with E-state index in [9.17, 15) is 19.8 Å². The second-order valence-corrected chi connectivity index (χ2v) is 16.6. The molecule has 9 heteroatoms. The summed E-state index contributed by atoms with van der Waals surface area (Å²) in [6.45, 7) is 9.15. The lowest BCUT2D eigenvalue weighted by Crippen LogP contribution is -2.59. The predicted octanol–water partition coefficient (Wildman–Crippen LogP) is 7.01. The Kier molecular flexibility index (Phi) is 11.0. The number of rotatable bonds is 10. The first-order valence-corrected chi connectivity index (χ1v) is 19.0. The molecule has 0 radical (unpaired) electrons. The number of allylic oxidation sites excluding steroid dienone is 2. The van der Waals surface area contributed by atoms with Crippen LogP contribution in [0.15, 0.2) is 54.9 Å². The molecule has 49 heavy (non-hydrogen) atoms. The number of nitrogens with zero attached hydrogens (tertiary/aromatic N) is 3. The van der Waals surface area contributed by atoms with E-state index >= 15 is 0 Å². The maximum atomic E-state index is 13.5. The van der Waals surface area contributed by atoms with Crippen molar-refractivity contribution in [3.63, 3.8) is 0 Å². The molecule has 1 saturated heterocycles. The predicted molar refractivity (Wildman–Crippen MR) is 195 cm³/mol. The quantitative estimate of drug-likeness (QED) is 0.198. The van der Waals surface area contributed by atoms with Gasteiger partial charge in [0.05, 0.1) is 4.88 Å². The summed E-state index contributed by atoms with van der Waals surface area (Å²) in [6, 6.07) is 10.8. The van der Waals surface area contributed by atoms with E-state index < -0.39 is 12.3 Å². The fourth-order valence-electron chi connectivity index (χ4n) is 7.68. The van der Waals surface area contributed by atoms with Crippen LogP contribution in [0.2, 0.25) is 0 Å². The van der Waals surface area contributed by atoms with E-state index in [1.807, 2.05) is 48.8 Å². The van der Waals surface area contributed by atoms with Crippen LogP contribution < -0.4 is 5.32 Å². The highest BCUT2D eigenvalue weighted by Gasteiger charge is 2.38. The van der Waals surface area contributed by atoms with Gasteiger partial charge in [-0.05, 0) is 78.5 Å². The van der Waals surface area contributed by atoms with Crippen molar-refractivity contribution in [3.05, 3.63) is 75.7 Å². The first-order valence-electron chi connectivity index (χ1n) is 18.1. The number of benzene rings is 1. The van der Waals surface area contributed by atoms with Crippen LogP contribution in [0.25, 0.3) is 17.0 Å². The average molecular weight is 685 g/mol. The van der Waals surface area contributed by atoms with Crippen molar-refractivity contribution in [3.8, 4) is 11.4 Å². The monoisotopic (exact) mass is 684 g/mol. The van der Waals surface area contributed by atoms with Crippen LogP contribution >= 0.6 is 11.3 Å². The van der Waals surface area contributed by atoms with Gasteiger partial charge >= 0.3 is 0 Å². The second kappa shape index (κ2) is 15.2. The summed E-state index contributed by atoms with van der Waals surface area (Å²) in [4.78, 5) is 39.5. The maximum absolute atomic E-state index is 13.5. The molecule has 0 bridgehead atoms. The Bertz CT molecular complexity index is 1610. The number of likely N-dealkylation sites (tertiary alicyclic amines) is 1. The topological polar surface area (TPSA) is 116 Å². The molecule has 3 N–H and O–H groups in total. The number of carbonyl (C=O) groups excluding carboxylic acids is 2. The van der Waals surface area contributed by atoms with E-state index in [-0.39, 0.29) is 36.2 Å². The molecular formula is C40H52N4O4S. The summed E-state index contributed by atoms with van der Waals surface area (Å²) in [6.07, 6.45) is 15.6. The molecule has 1 saturated carbocycles. The van der Waals surface area contributed by atoms with Gasteiger partial charge in [0.2, 0.25) is 5.91 Å². The Balaban J connectivity index is 1.09. The summed E-state index contributed by atoms with van der Waals surface area (Å²) >= 11 is 1.44. The van der Waals surface area contributed by atoms with Gasteiger partial charge in [0.25, 0.3) is 5.91 Å². The number of aromatic nitrogens is 2. The zero-order chi connectivity index (χ0) is 34.7. The van der Waals surface area contributed by atoms with Crippen molar-refractivity contribution in [1.82, 2.24) is 20.2 Å². The normalized spacial score (nSPS) is 22.4. The molecule has 1 aliphatic heterocycles. The van der Waals surface area contributed by atoms with Crippen molar-refractivity contribution >= 4 is 28.7 Å². The van der Waals surface area contributed by atoms with Gasteiger partial charge in [0, 0.05) is 53.8 Å². The molecule has 1 unspecified atom stereocenters. The highest BCUT2D eigenvalue weighted by Crippen LogP contribution is 2.41. The van der Waals surface area contributed by atoms with Gasteiger partial charge < -0.3 is 20.4 Å². The van der Waals surface area contributed by atoms with E-state index in [2.05, 4.69) is 39.1 Å². The molecule has 2 aliphatic carbocycles. The molecule has 0 spiro atoms. The third-order valence-electron chi connectivity index (χ3n) is 11.1. The second-order valence-electron chi connectivity index (χ2n) is 15.5. The summed E-state index contributed by atoms with van der Waals surface area (Å²) < 4.78 is 0. The summed E-state index contributed by atoms with van der Waals surface area (Å²) in [5, 5.41) is 22.0. The lowest BCUT2D eigenvalue weighted by atomic mass is 9.71. The van der Waals surface area contributed by atoms with Gasteiger partial charge in [-0.15, -0.1) is 11.3 Å². The maximum Gasteiger partial charge on any atom is 0.262 e. The lowest BCUT2D eigenvalue weighted by molar-refractivity contribution is -0.157. The summed E-state index contributed by atoms with van der Waals surface area (Å²) in [5.74, 6) is 2.41. The minimum atomic E-state index is -1.46. The number of hydrogen-bond donors (Lipinski definition) is 3. The van der Waals surface area contributed by atoms with Crippen molar-refractivity contribution < 1.29 is 19.8 Å². The Hall–Kier alpha value is -3.40. The van der Waals surface area contributed by atoms with Crippen LogP contribution in [0.4, 0.5) is 0 Å². The van der Waals surface area contributed by atoms with Crippen molar-refractivity contribution in [2.45, 2.75) is 103 Å². The minimum absolute atomic E-state index is 0.0777. The number of hydrogen-bond acceptors (Lipinski definition) is 7. The van der Waals surface area contributed by atoms with Gasteiger partial charge in [-0.1, -0.05) is 77.3 Å². The first kappa shape index (κ1) is 35.4. The van der Waals surface area contributed by atoms with Crippen LogP contribution in [-0.4, -0.2) is 62.3 Å². The van der Waals surface area contributed by atoms with Crippen molar-refractivity contribution in [1.29, 1.82) is 0 Å². The van der Waals surface area contributed by atoms with Crippen molar-refractivity contribution in [2.24, 2.45) is 23.7 Å². The van der Waals surface area contributed by atoms with Crippen LogP contribution in [0.3, 0.4) is 0 Å². The van der Waals surface area contributed by atoms with Crippen LogP contribution in [0, 0.1) is 23.7 Å². The van der Waals surface area contributed by atoms with Gasteiger partial charge in [0.15, 0.2) is 12.1 Å². The Morgan fingerprint density at radius 1 is 0.939 bits per heavy atom. The molecule has 2 fully saturated rings. The third kappa shape index (κ3) is 8.50. The molecular weight excluding hydrogens is 633 g/mol. The highest BCUT2D eigenvalue weighted by atomic mass is 32.1. The van der Waals surface area contributed by atoms with Crippen LogP contribution in [-0.2, 0) is 16.6 Å². The standard InChI is InChI=1S/C40H52N4O4S/c1-5-25-6-10-27(11-7-25)28-14-16-29(17-15-28)31-21-41-36(42-22-31)30-12-8-26(9-13-30)20-33(38(46)44-23-32(24-44)39(47)48)43-37(45)34-18-19-35(49-34)40(2,3)4/h8-9,12-13,16,18-19,21-22,25,27-28,32-33,39,47-48H,5-7,10-11,14-15,17,20,23-24H2,1-4H3,(H,43,45)/t25-,27-,28?,33-/m0/s1. The number of nitrogens with one attached hydrogen (secondary N) is 1. The van der Waals surface area contributed by atoms with E-state index in [0.717, 1.165) is 52.2 Å². The number of thiophene rings is 1. The zero-order valence-electron chi connectivity index (χ0n) is 29.4. The number of carbonyl (C=O) groups is 2. The van der Waals surface area contributed by atoms with Crippen LogP contribution in [0.1, 0.15) is 105 Å². The summed E-state index contributed by atoms with van der Waals surface area (Å²) in [5.41, 5.74) is 4.17. The van der Waals surface area contributed by atoms with Gasteiger partial charge in [-0.25, -0.2) is 9.97 Å². The molecule has 3 heterocycles. The Morgan fingerprint density at radius 2 is 1.63 bits per heavy atom. The fraction of sp³-hybridized carbons (Fsp3) is 0.550. The van der Waals surface area contributed by atoms with Crippen molar-refractivity contribution in [2.75, 3.05) is 13.1 Å². The molecule has 2 amide bonds. The molecule has 1 aromatic carbocycles. The van der Waals surface area contributed by atoms with Gasteiger partial charge in [-0.2, -0.15) is 0 Å². The Morgan fingerprint density at radius 3 is 2.20 bits per heavy atom. The molecule has 3 aromatic rings. The fourth-order valence-corrected chi connectivity index (χ4v) is 8.64. The van der Waals surface area contributed by atoms with E-state index in [1.54, 1.807) is 4.90 Å². The molecule has 2 aromatic heterocycles. The third-order valence-corrected chi connectivity index (χ3v) is 12.6. The van der Waals surface area contributed by atoms with E-state index in [4.69, 9.17) is 9.97 Å². The zero-order valence-corrected chi connectivity index (χ0v) is 30.2. The van der Waals surface area contributed by atoms with E-state index in [1.165, 1.54) is 55.4 Å². The van der Waals surface area contributed by atoms with Gasteiger partial charge in [-0.3, -0.25) is 9.59 Å². The van der Waals surface area contributed by atoms with Crippen LogP contribution in [0.5, 0.6) is 0 Å². The van der Waals surface area contributed by atoms with Gasteiger partial charge in [0.1, 0.15) is 6.04 Å². The first-order chi connectivity index (χ1) is 23.5. The molecule has 6 rings (SSSR count). The molecule has 8 nitrogen and oxygen atoms in total. The average Bonchev–Trinajstić information content (AvgIpc) is 3.60. The molecule has 2 atom stereocenters. The largest absolute Gasteiger partial charge is 0.368 e. The number of aliphatic hydroxyl groups is 2. The smallest absolute Gasteiger partial charge is 0.262 e. The number of amides is 2. The molecule has 262 valence electrons. The Labute approximate surface area is 295 Å². The lowest BCUT2D eigenvalue weighted by Gasteiger charge is -2.41. The summed E-state index contributed by atoms with van der Waals surface area (Å²) in [7, 11) is 0. The SMILES string of the molecule is CC[C@H]1CC[C@H](C2CC=C(c3cnc(-c4ccc(C[C@H](NC(=O)c5ccc(C(C)(C)C)s5)C(=O)N5CC(C(O)O)C5)cc4)nc3)CC2)CC1. The number of aliphatic hydroxyl groups excluding tert-OH is 1. The van der Waals surface area contributed by atoms with E-state index in [0.29, 0.717) is 17.1 Å². The molecule has 3 aliphatic rings.